The van der Waals surface area contributed by atoms with E-state index in [1.165, 1.54) is 34.4 Å². The Balaban J connectivity index is 1.60. The number of nitrogens with one attached hydrogen (secondary N) is 1. The van der Waals surface area contributed by atoms with Gasteiger partial charge in [0.05, 0.1) is 16.0 Å². The minimum atomic E-state index is -0.122. The minimum absolute atomic E-state index is 0.122. The second kappa shape index (κ2) is 5.73. The van der Waals surface area contributed by atoms with Crippen molar-refractivity contribution in [2.45, 2.75) is 4.34 Å². The van der Waals surface area contributed by atoms with Crippen LogP contribution in [0.3, 0.4) is 0 Å². The molecule has 20 heavy (non-hydrogen) atoms. The lowest BCUT2D eigenvalue weighted by atomic mass is 10.3. The molecule has 1 amide bonds. The number of nitrogen functional groups attached to an aromatic ring is 1. The number of hydrogen-bond acceptors (Lipinski definition) is 8. The molecule has 0 atom stereocenters. The fourth-order valence-electron chi connectivity index (χ4n) is 1.49. The number of carbonyl (C=O) groups excluding carboxylic acids is 1. The molecule has 3 N–H and O–H groups in total. The van der Waals surface area contributed by atoms with E-state index in [0.29, 0.717) is 14.6 Å². The van der Waals surface area contributed by atoms with Gasteiger partial charge in [0, 0.05) is 0 Å². The van der Waals surface area contributed by atoms with E-state index < -0.39 is 0 Å². The molecule has 1 aromatic carbocycles. The summed E-state index contributed by atoms with van der Waals surface area (Å²) in [7, 11) is 0. The molecule has 0 aliphatic heterocycles. The summed E-state index contributed by atoms with van der Waals surface area (Å²) in [6.07, 6.45) is 0. The van der Waals surface area contributed by atoms with E-state index in [9.17, 15) is 4.79 Å². The van der Waals surface area contributed by atoms with Crippen LogP contribution in [-0.2, 0) is 4.79 Å². The molecule has 0 bridgehead atoms. The zero-order chi connectivity index (χ0) is 13.9. The SMILES string of the molecule is Nc1nnc(SCC(=O)Nc2nc3ccccc3s2)s1. The van der Waals surface area contributed by atoms with Crippen molar-refractivity contribution >= 4 is 60.8 Å². The zero-order valence-electron chi connectivity index (χ0n) is 10.1. The van der Waals surface area contributed by atoms with E-state index in [-0.39, 0.29) is 11.7 Å². The predicted molar refractivity (Wildman–Crippen MR) is 83.3 cm³/mol. The van der Waals surface area contributed by atoms with Crippen LogP contribution in [0.5, 0.6) is 0 Å². The second-order valence-corrected chi connectivity index (χ2v) is 6.99. The number of para-hydroxylation sites is 1. The lowest BCUT2D eigenvalue weighted by Gasteiger charge is -1.98. The van der Waals surface area contributed by atoms with Crippen LogP contribution < -0.4 is 11.1 Å². The van der Waals surface area contributed by atoms with Crippen molar-refractivity contribution in [2.75, 3.05) is 16.8 Å². The highest BCUT2D eigenvalue weighted by molar-refractivity contribution is 8.01. The Kier molecular flexibility index (Phi) is 3.81. The summed E-state index contributed by atoms with van der Waals surface area (Å²) in [4.78, 5) is 16.2. The summed E-state index contributed by atoms with van der Waals surface area (Å²) in [6, 6.07) is 7.76. The van der Waals surface area contributed by atoms with Crippen LogP contribution in [0.2, 0.25) is 0 Å². The summed E-state index contributed by atoms with van der Waals surface area (Å²) < 4.78 is 1.73. The van der Waals surface area contributed by atoms with Crippen LogP contribution in [0.15, 0.2) is 28.6 Å². The molecule has 0 saturated carbocycles. The topological polar surface area (TPSA) is 93.8 Å². The van der Waals surface area contributed by atoms with Gasteiger partial charge in [-0.25, -0.2) is 4.98 Å². The number of carbonyl (C=O) groups is 1. The highest BCUT2D eigenvalue weighted by Crippen LogP contribution is 2.26. The van der Waals surface area contributed by atoms with Gasteiger partial charge in [-0.2, -0.15) is 0 Å². The van der Waals surface area contributed by atoms with Gasteiger partial charge in [-0.3, -0.25) is 4.79 Å². The summed E-state index contributed by atoms with van der Waals surface area (Å²) in [5.74, 6) is 0.132. The molecule has 6 nitrogen and oxygen atoms in total. The summed E-state index contributed by atoms with van der Waals surface area (Å²) in [6.45, 7) is 0. The smallest absolute Gasteiger partial charge is 0.236 e. The molecule has 0 unspecified atom stereocenters. The van der Waals surface area contributed by atoms with Gasteiger partial charge in [-0.1, -0.05) is 46.6 Å². The molecule has 0 aliphatic carbocycles. The number of nitrogens with zero attached hydrogens (tertiary/aromatic N) is 3. The molecule has 102 valence electrons. The summed E-state index contributed by atoms with van der Waals surface area (Å²) in [5.41, 5.74) is 6.36. The van der Waals surface area contributed by atoms with Crippen molar-refractivity contribution in [3.63, 3.8) is 0 Å². The number of nitrogens with two attached hydrogens (primary N) is 1. The Morgan fingerprint density at radius 1 is 1.30 bits per heavy atom. The first-order valence-corrected chi connectivity index (χ1v) is 8.20. The maximum atomic E-state index is 11.8. The Bertz CT molecular complexity index is 720. The first-order chi connectivity index (χ1) is 9.70. The lowest BCUT2D eigenvalue weighted by molar-refractivity contribution is -0.113. The molecule has 3 rings (SSSR count). The maximum Gasteiger partial charge on any atom is 0.236 e. The number of rotatable bonds is 4. The number of benzene rings is 1. The van der Waals surface area contributed by atoms with Gasteiger partial charge in [0.2, 0.25) is 11.0 Å². The molecule has 2 heterocycles. The molecule has 3 aromatic rings. The largest absolute Gasteiger partial charge is 0.374 e. The van der Waals surface area contributed by atoms with Crippen molar-refractivity contribution in [1.29, 1.82) is 0 Å². The zero-order valence-corrected chi connectivity index (χ0v) is 12.5. The van der Waals surface area contributed by atoms with E-state index >= 15 is 0 Å². The molecular weight excluding hydrogens is 314 g/mol. The van der Waals surface area contributed by atoms with Crippen molar-refractivity contribution < 1.29 is 4.79 Å². The van der Waals surface area contributed by atoms with E-state index in [2.05, 4.69) is 20.5 Å². The third-order valence-electron chi connectivity index (χ3n) is 2.29. The van der Waals surface area contributed by atoms with Crippen molar-refractivity contribution in [3.05, 3.63) is 24.3 Å². The van der Waals surface area contributed by atoms with Gasteiger partial charge < -0.3 is 11.1 Å². The Morgan fingerprint density at radius 2 is 2.15 bits per heavy atom. The summed E-state index contributed by atoms with van der Waals surface area (Å²) >= 11 is 4.02. The van der Waals surface area contributed by atoms with Crippen LogP contribution in [0.4, 0.5) is 10.3 Å². The van der Waals surface area contributed by atoms with Crippen LogP contribution >= 0.6 is 34.4 Å². The fourth-order valence-corrected chi connectivity index (χ4v) is 3.81. The monoisotopic (exact) mass is 323 g/mol. The van der Waals surface area contributed by atoms with E-state index in [4.69, 9.17) is 5.73 Å². The molecule has 2 aromatic heterocycles. The van der Waals surface area contributed by atoms with E-state index in [1.54, 1.807) is 0 Å². The highest BCUT2D eigenvalue weighted by Gasteiger charge is 2.09. The van der Waals surface area contributed by atoms with Crippen LogP contribution in [0, 0.1) is 0 Å². The van der Waals surface area contributed by atoms with Crippen LogP contribution in [0.25, 0.3) is 10.2 Å². The number of thiazole rings is 1. The quantitative estimate of drug-likeness (QED) is 0.716. The first kappa shape index (κ1) is 13.3. The van der Waals surface area contributed by atoms with Crippen molar-refractivity contribution in [1.82, 2.24) is 15.2 Å². The van der Waals surface area contributed by atoms with Gasteiger partial charge in [0.15, 0.2) is 9.47 Å². The number of anilines is 2. The molecule has 9 heteroatoms. The molecule has 0 saturated heterocycles. The number of hydrogen-bond donors (Lipinski definition) is 2. The van der Waals surface area contributed by atoms with Crippen molar-refractivity contribution in [2.24, 2.45) is 0 Å². The van der Waals surface area contributed by atoms with Crippen molar-refractivity contribution in [3.8, 4) is 0 Å². The Hall–Kier alpha value is -1.71. The van der Waals surface area contributed by atoms with Gasteiger partial charge in [-0.15, -0.1) is 10.2 Å². The van der Waals surface area contributed by atoms with Crippen LogP contribution in [-0.4, -0.2) is 26.8 Å². The number of fused-ring (bicyclic) bond motifs is 1. The Labute approximate surface area is 126 Å². The number of aromatic nitrogens is 3. The maximum absolute atomic E-state index is 11.8. The summed E-state index contributed by atoms with van der Waals surface area (Å²) in [5, 5.41) is 11.3. The number of amides is 1. The fraction of sp³-hybridized carbons (Fsp3) is 0.0909. The van der Waals surface area contributed by atoms with Gasteiger partial charge in [-0.05, 0) is 12.1 Å². The van der Waals surface area contributed by atoms with E-state index in [1.807, 2.05) is 24.3 Å². The molecule has 0 radical (unpaired) electrons. The molecule has 0 aliphatic rings. The third-order valence-corrected chi connectivity index (χ3v) is 5.13. The standard InChI is InChI=1S/C11H9N5OS3/c12-9-15-16-11(20-9)18-5-8(17)14-10-13-6-3-1-2-4-7(6)19-10/h1-4H,5H2,(H2,12,15)(H,13,14,17). The minimum Gasteiger partial charge on any atom is -0.374 e. The van der Waals surface area contributed by atoms with Gasteiger partial charge in [0.25, 0.3) is 0 Å². The molecule has 0 fully saturated rings. The van der Waals surface area contributed by atoms with Gasteiger partial charge >= 0.3 is 0 Å². The molecule has 0 spiro atoms. The van der Waals surface area contributed by atoms with Crippen LogP contribution in [0.1, 0.15) is 0 Å². The highest BCUT2D eigenvalue weighted by atomic mass is 32.2. The Morgan fingerprint density at radius 3 is 2.90 bits per heavy atom. The molecular formula is C11H9N5OS3. The predicted octanol–water partition coefficient (Wildman–Crippen LogP) is 2.46. The van der Waals surface area contributed by atoms with E-state index in [0.717, 1.165) is 10.2 Å². The van der Waals surface area contributed by atoms with Gasteiger partial charge in [0.1, 0.15) is 0 Å². The first-order valence-electron chi connectivity index (χ1n) is 5.58. The average Bonchev–Trinajstić information content (AvgIpc) is 3.01. The second-order valence-electron chi connectivity index (χ2n) is 3.73. The normalized spacial score (nSPS) is 10.8. The average molecular weight is 323 g/mol. The number of thioether (sulfide) groups is 1. The lowest BCUT2D eigenvalue weighted by Crippen LogP contribution is -2.13. The third kappa shape index (κ3) is 3.06.